The van der Waals surface area contributed by atoms with E-state index in [1.54, 1.807) is 0 Å². The van der Waals surface area contributed by atoms with Gasteiger partial charge in [0.15, 0.2) is 5.41 Å². The second-order valence-corrected chi connectivity index (χ2v) is 8.75. The zero-order valence-corrected chi connectivity index (χ0v) is 19.5. The van der Waals surface area contributed by atoms with E-state index in [1.165, 1.54) is 14.2 Å². The summed E-state index contributed by atoms with van der Waals surface area (Å²) in [7, 11) is 2.63. The minimum Gasteiger partial charge on any atom is -0.468 e. The van der Waals surface area contributed by atoms with Crippen LogP contribution in [0.15, 0.2) is 83.3 Å². The number of carbonyl (C=O) groups excluding carboxylic acids is 2. The number of anilines is 1. The molecule has 0 bridgehead atoms. The molecule has 6 heteroatoms. The number of rotatable bonds is 5. The van der Waals surface area contributed by atoms with Crippen molar-refractivity contribution in [1.82, 2.24) is 0 Å². The van der Waals surface area contributed by atoms with Crippen molar-refractivity contribution < 1.29 is 19.1 Å². The van der Waals surface area contributed by atoms with Crippen LogP contribution in [-0.2, 0) is 32.0 Å². The van der Waals surface area contributed by atoms with Gasteiger partial charge >= 0.3 is 11.9 Å². The summed E-state index contributed by atoms with van der Waals surface area (Å²) in [4.78, 5) is 28.9. The zero-order valence-electron chi connectivity index (χ0n) is 18.0. The topological polar surface area (TPSA) is 55.8 Å². The van der Waals surface area contributed by atoms with E-state index < -0.39 is 23.4 Å². The van der Waals surface area contributed by atoms with Crippen LogP contribution < -0.4 is 4.90 Å². The Labute approximate surface area is 196 Å². The smallest absolute Gasteiger partial charge is 0.326 e. The molecule has 0 saturated carbocycles. The van der Waals surface area contributed by atoms with Crippen LogP contribution in [0.2, 0.25) is 0 Å². The lowest BCUT2D eigenvalue weighted by Gasteiger charge is -2.48. The van der Waals surface area contributed by atoms with E-state index in [9.17, 15) is 9.59 Å². The highest BCUT2D eigenvalue weighted by Crippen LogP contribution is 2.52. The van der Waals surface area contributed by atoms with Crippen molar-refractivity contribution >= 4 is 33.6 Å². The highest BCUT2D eigenvalue weighted by atomic mass is 79.9. The molecule has 164 valence electrons. The highest BCUT2D eigenvalue weighted by Gasteiger charge is 2.59. The van der Waals surface area contributed by atoms with Crippen LogP contribution in [0.4, 0.5) is 5.69 Å². The van der Waals surface area contributed by atoms with Gasteiger partial charge < -0.3 is 14.4 Å². The fourth-order valence-corrected chi connectivity index (χ4v) is 4.98. The van der Waals surface area contributed by atoms with Crippen molar-refractivity contribution in [3.8, 4) is 0 Å². The largest absolute Gasteiger partial charge is 0.468 e. The first kappa shape index (κ1) is 22.1. The number of halogens is 1. The van der Waals surface area contributed by atoms with Crippen LogP contribution in [0.25, 0.3) is 0 Å². The van der Waals surface area contributed by atoms with Crippen LogP contribution >= 0.6 is 15.9 Å². The molecule has 0 fully saturated rings. The maximum atomic E-state index is 13.4. The van der Waals surface area contributed by atoms with Crippen molar-refractivity contribution in [3.05, 3.63) is 100 Å². The molecule has 0 amide bonds. The van der Waals surface area contributed by atoms with Gasteiger partial charge in [-0.25, -0.2) is 0 Å². The van der Waals surface area contributed by atoms with Crippen molar-refractivity contribution in [2.24, 2.45) is 5.41 Å². The molecule has 0 aromatic heterocycles. The Morgan fingerprint density at radius 3 is 2.12 bits per heavy atom. The fraction of sp³-hybridized carbons (Fsp3) is 0.231. The van der Waals surface area contributed by atoms with Crippen molar-refractivity contribution in [2.75, 3.05) is 19.1 Å². The lowest BCUT2D eigenvalue weighted by atomic mass is 9.68. The second-order valence-electron chi connectivity index (χ2n) is 7.83. The highest BCUT2D eigenvalue weighted by molar-refractivity contribution is 9.10. The number of ether oxygens (including phenoxy) is 2. The normalized spacial score (nSPS) is 16.7. The third kappa shape index (κ3) is 3.79. The van der Waals surface area contributed by atoms with E-state index in [2.05, 4.69) is 20.8 Å². The molecule has 1 aliphatic rings. The first-order chi connectivity index (χ1) is 15.5. The molecule has 1 atom stereocenters. The van der Waals surface area contributed by atoms with Crippen LogP contribution in [0.5, 0.6) is 0 Å². The molecule has 0 spiro atoms. The Bertz CT molecular complexity index is 1100. The monoisotopic (exact) mass is 493 g/mol. The van der Waals surface area contributed by atoms with E-state index >= 15 is 0 Å². The SMILES string of the molecule is COC(=O)C1(C(=O)OC)Cc2ccc(Br)cc2N(Cc2ccccc2)[C@H]1c1ccccc1. The summed E-state index contributed by atoms with van der Waals surface area (Å²) in [6.45, 7) is 0.500. The molecule has 0 radical (unpaired) electrons. The Morgan fingerprint density at radius 2 is 1.53 bits per heavy atom. The Kier molecular flexibility index (Phi) is 6.33. The van der Waals surface area contributed by atoms with Gasteiger partial charge in [0.2, 0.25) is 0 Å². The zero-order chi connectivity index (χ0) is 22.7. The van der Waals surface area contributed by atoms with E-state index in [1.807, 2.05) is 78.9 Å². The molecule has 0 unspecified atom stereocenters. The van der Waals surface area contributed by atoms with Gasteiger partial charge in [-0.2, -0.15) is 0 Å². The van der Waals surface area contributed by atoms with E-state index in [0.717, 1.165) is 26.9 Å². The lowest BCUT2D eigenvalue weighted by molar-refractivity contribution is -0.171. The van der Waals surface area contributed by atoms with Gasteiger partial charge in [-0.05, 0) is 28.8 Å². The number of esters is 2. The molecular weight excluding hydrogens is 470 g/mol. The molecule has 5 nitrogen and oxygen atoms in total. The Hall–Kier alpha value is -3.12. The number of methoxy groups -OCH3 is 2. The lowest BCUT2D eigenvalue weighted by Crippen LogP contribution is -2.56. The van der Waals surface area contributed by atoms with Gasteiger partial charge in [0.05, 0.1) is 20.3 Å². The van der Waals surface area contributed by atoms with Gasteiger partial charge in [-0.3, -0.25) is 9.59 Å². The van der Waals surface area contributed by atoms with Crippen molar-refractivity contribution in [1.29, 1.82) is 0 Å². The predicted octanol–water partition coefficient (Wildman–Crippen LogP) is 5.09. The minimum absolute atomic E-state index is 0.180. The molecular formula is C26H24BrNO4. The third-order valence-electron chi connectivity index (χ3n) is 6.01. The first-order valence-corrected chi connectivity index (χ1v) is 11.1. The number of fused-ring (bicyclic) bond motifs is 1. The van der Waals surface area contributed by atoms with Crippen LogP contribution in [0, 0.1) is 5.41 Å². The average molecular weight is 494 g/mol. The second kappa shape index (κ2) is 9.17. The molecule has 0 aliphatic carbocycles. The number of nitrogens with zero attached hydrogens (tertiary/aromatic N) is 1. The number of hydrogen-bond donors (Lipinski definition) is 0. The van der Waals surface area contributed by atoms with Crippen molar-refractivity contribution in [2.45, 2.75) is 19.0 Å². The summed E-state index contributed by atoms with van der Waals surface area (Å²) in [5, 5.41) is 0. The van der Waals surface area contributed by atoms with E-state index in [0.29, 0.717) is 6.54 Å². The van der Waals surface area contributed by atoms with Gasteiger partial charge in [-0.1, -0.05) is 82.7 Å². The van der Waals surface area contributed by atoms with Crippen LogP contribution in [0.1, 0.15) is 22.7 Å². The average Bonchev–Trinajstić information content (AvgIpc) is 2.84. The summed E-state index contributed by atoms with van der Waals surface area (Å²) >= 11 is 3.58. The first-order valence-electron chi connectivity index (χ1n) is 10.3. The van der Waals surface area contributed by atoms with Gasteiger partial charge in [0.1, 0.15) is 0 Å². The number of carbonyl (C=O) groups is 2. The fourth-order valence-electron chi connectivity index (χ4n) is 4.63. The van der Waals surface area contributed by atoms with Crippen molar-refractivity contribution in [3.63, 3.8) is 0 Å². The molecule has 0 saturated heterocycles. The molecule has 3 aromatic carbocycles. The van der Waals surface area contributed by atoms with Crippen LogP contribution in [-0.4, -0.2) is 26.2 Å². The number of hydrogen-bond acceptors (Lipinski definition) is 5. The predicted molar refractivity (Wildman–Crippen MR) is 126 cm³/mol. The molecule has 1 aliphatic heterocycles. The number of benzene rings is 3. The summed E-state index contributed by atoms with van der Waals surface area (Å²) in [6.07, 6.45) is 0.180. The molecule has 4 rings (SSSR count). The Morgan fingerprint density at radius 1 is 0.938 bits per heavy atom. The standard InChI is InChI=1S/C26H24BrNO4/c1-31-24(29)26(25(30)32-2)16-20-13-14-21(27)15-22(20)28(17-18-9-5-3-6-10-18)23(26)19-11-7-4-8-12-19/h3-15,23H,16-17H2,1-2H3/t23-/m0/s1. The summed E-state index contributed by atoms with van der Waals surface area (Å²) in [5.41, 5.74) is 2.18. The van der Waals surface area contributed by atoms with Gasteiger partial charge in [0, 0.05) is 23.1 Å². The summed E-state index contributed by atoms with van der Waals surface area (Å²) in [5.74, 6) is -1.21. The molecule has 32 heavy (non-hydrogen) atoms. The Balaban J connectivity index is 2.01. The molecule has 3 aromatic rings. The third-order valence-corrected chi connectivity index (χ3v) is 6.51. The summed E-state index contributed by atoms with van der Waals surface area (Å²) < 4.78 is 11.4. The van der Waals surface area contributed by atoms with Gasteiger partial charge in [0.25, 0.3) is 0 Å². The quantitative estimate of drug-likeness (QED) is 0.366. The maximum Gasteiger partial charge on any atom is 0.326 e. The van der Waals surface area contributed by atoms with E-state index in [4.69, 9.17) is 9.47 Å². The van der Waals surface area contributed by atoms with Gasteiger partial charge in [-0.15, -0.1) is 0 Å². The van der Waals surface area contributed by atoms with E-state index in [-0.39, 0.29) is 6.42 Å². The molecule has 1 heterocycles. The summed E-state index contributed by atoms with van der Waals surface area (Å²) in [6, 6.07) is 24.9. The maximum absolute atomic E-state index is 13.4. The minimum atomic E-state index is -1.56. The molecule has 0 N–H and O–H groups in total. The van der Waals surface area contributed by atoms with Crippen LogP contribution in [0.3, 0.4) is 0 Å².